The molecule has 0 atom stereocenters. The van der Waals surface area contributed by atoms with E-state index in [2.05, 4.69) is 9.97 Å². The van der Waals surface area contributed by atoms with Crippen molar-refractivity contribution in [2.75, 3.05) is 18.0 Å². The Hall–Kier alpha value is -3.20. The van der Waals surface area contributed by atoms with Crippen molar-refractivity contribution in [2.45, 2.75) is 18.4 Å². The first-order valence-electron chi connectivity index (χ1n) is 10.4. The molecule has 0 radical (unpaired) electrons. The summed E-state index contributed by atoms with van der Waals surface area (Å²) in [4.78, 5) is 27.5. The standard InChI is InChI=1S/C23H20Cl2N6O2/c24-14-5-7-15(8-6-14)31-19(16-3-1-2-4-17(16)25)29-18-20(27-13-28-21(18)31)30-11-9-23(26,10-12-30)22(32)33/h1-8,13H,9-12,26H2,(H,32,33). The van der Waals surface area contributed by atoms with Gasteiger partial charge in [0.05, 0.1) is 5.02 Å². The van der Waals surface area contributed by atoms with Gasteiger partial charge in [-0.2, -0.15) is 0 Å². The monoisotopic (exact) mass is 482 g/mol. The average Bonchev–Trinajstić information content (AvgIpc) is 3.20. The zero-order chi connectivity index (χ0) is 23.2. The molecule has 1 saturated heterocycles. The Morgan fingerprint density at radius 3 is 2.39 bits per heavy atom. The van der Waals surface area contributed by atoms with Crippen molar-refractivity contribution in [3.05, 3.63) is 64.9 Å². The quantitative estimate of drug-likeness (QED) is 0.448. The normalized spacial score (nSPS) is 15.7. The second kappa shape index (κ2) is 8.30. The number of carbonyl (C=O) groups is 1. The van der Waals surface area contributed by atoms with E-state index in [4.69, 9.17) is 33.9 Å². The number of imidazole rings is 1. The van der Waals surface area contributed by atoms with Gasteiger partial charge >= 0.3 is 5.97 Å². The van der Waals surface area contributed by atoms with Gasteiger partial charge in [0.1, 0.15) is 17.7 Å². The van der Waals surface area contributed by atoms with Gasteiger partial charge in [0.2, 0.25) is 0 Å². The summed E-state index contributed by atoms with van der Waals surface area (Å²) in [5.41, 5.74) is 7.62. The lowest BCUT2D eigenvalue weighted by atomic mass is 9.89. The Balaban J connectivity index is 1.67. The zero-order valence-corrected chi connectivity index (χ0v) is 19.0. The highest BCUT2D eigenvalue weighted by molar-refractivity contribution is 6.33. The third-order valence-electron chi connectivity index (χ3n) is 6.01. The van der Waals surface area contributed by atoms with Crippen molar-refractivity contribution < 1.29 is 9.90 Å². The molecule has 33 heavy (non-hydrogen) atoms. The molecule has 0 spiro atoms. The van der Waals surface area contributed by atoms with Crippen LogP contribution in [0.1, 0.15) is 12.8 Å². The van der Waals surface area contributed by atoms with Crippen molar-refractivity contribution in [1.82, 2.24) is 19.5 Å². The van der Waals surface area contributed by atoms with Crippen molar-refractivity contribution in [1.29, 1.82) is 0 Å². The number of hydrogen-bond donors (Lipinski definition) is 2. The van der Waals surface area contributed by atoms with E-state index in [1.54, 1.807) is 12.1 Å². The van der Waals surface area contributed by atoms with E-state index in [0.717, 1.165) is 11.3 Å². The molecule has 1 aliphatic rings. The molecule has 0 aliphatic carbocycles. The molecule has 0 unspecified atom stereocenters. The van der Waals surface area contributed by atoms with Crippen molar-refractivity contribution in [3.8, 4) is 17.1 Å². The van der Waals surface area contributed by atoms with E-state index in [1.165, 1.54) is 6.33 Å². The molecule has 0 amide bonds. The number of carboxylic acids is 1. The van der Waals surface area contributed by atoms with E-state index in [-0.39, 0.29) is 0 Å². The molecule has 2 aromatic heterocycles. The fraction of sp³-hybridized carbons (Fsp3) is 0.217. The van der Waals surface area contributed by atoms with Gasteiger partial charge in [0, 0.05) is 29.4 Å². The van der Waals surface area contributed by atoms with Crippen LogP contribution >= 0.6 is 23.2 Å². The molecule has 8 nitrogen and oxygen atoms in total. The number of aliphatic carboxylic acids is 1. The van der Waals surface area contributed by atoms with Crippen LogP contribution in [0.2, 0.25) is 10.0 Å². The molecule has 10 heteroatoms. The lowest BCUT2D eigenvalue weighted by Crippen LogP contribution is -2.55. The van der Waals surface area contributed by atoms with Crippen LogP contribution in [-0.4, -0.2) is 49.2 Å². The van der Waals surface area contributed by atoms with Crippen molar-refractivity contribution in [3.63, 3.8) is 0 Å². The minimum atomic E-state index is -1.23. The fourth-order valence-corrected chi connectivity index (χ4v) is 4.45. The number of nitrogens with two attached hydrogens (primary N) is 1. The van der Waals surface area contributed by atoms with Gasteiger partial charge < -0.3 is 15.7 Å². The Bertz CT molecular complexity index is 1350. The SMILES string of the molecule is NC1(C(=O)O)CCN(c2ncnc3c2nc(-c2ccccc2Cl)n3-c2ccc(Cl)cc2)CC1. The van der Waals surface area contributed by atoms with E-state index in [1.807, 2.05) is 45.9 Å². The van der Waals surface area contributed by atoms with E-state index < -0.39 is 11.5 Å². The highest BCUT2D eigenvalue weighted by atomic mass is 35.5. The molecular weight excluding hydrogens is 463 g/mol. The largest absolute Gasteiger partial charge is 0.480 e. The number of nitrogens with zero attached hydrogens (tertiary/aromatic N) is 5. The topological polar surface area (TPSA) is 110 Å². The molecule has 0 bridgehead atoms. The molecule has 3 N–H and O–H groups in total. The summed E-state index contributed by atoms with van der Waals surface area (Å²) in [6.07, 6.45) is 2.11. The summed E-state index contributed by atoms with van der Waals surface area (Å²) in [6, 6.07) is 14.9. The van der Waals surface area contributed by atoms with E-state index in [0.29, 0.717) is 58.8 Å². The number of aromatic nitrogens is 4. The van der Waals surface area contributed by atoms with Crippen molar-refractivity contribution >= 4 is 46.2 Å². The predicted octanol–water partition coefficient (Wildman–Crippen LogP) is 4.17. The molecule has 1 aliphatic heterocycles. The number of carboxylic acid groups (broad SMARTS) is 1. The Morgan fingerprint density at radius 2 is 1.73 bits per heavy atom. The lowest BCUT2D eigenvalue weighted by molar-refractivity contribution is -0.144. The van der Waals surface area contributed by atoms with Crippen LogP contribution in [0, 0.1) is 0 Å². The summed E-state index contributed by atoms with van der Waals surface area (Å²) >= 11 is 12.6. The molecule has 0 saturated carbocycles. The number of hydrogen-bond acceptors (Lipinski definition) is 6. The van der Waals surface area contributed by atoms with E-state index >= 15 is 0 Å². The van der Waals surface area contributed by atoms with Crippen LogP contribution in [0.5, 0.6) is 0 Å². The molecule has 3 heterocycles. The first kappa shape index (κ1) is 21.6. The minimum absolute atomic E-state index is 0.309. The first-order chi connectivity index (χ1) is 15.9. The second-order valence-electron chi connectivity index (χ2n) is 8.04. The van der Waals surface area contributed by atoms with Gasteiger partial charge in [-0.25, -0.2) is 15.0 Å². The number of rotatable bonds is 4. The van der Waals surface area contributed by atoms with Crippen molar-refractivity contribution in [2.24, 2.45) is 5.73 Å². The van der Waals surface area contributed by atoms with Crippen LogP contribution in [0.3, 0.4) is 0 Å². The fourth-order valence-electron chi connectivity index (χ4n) is 4.10. The summed E-state index contributed by atoms with van der Waals surface area (Å²) in [6.45, 7) is 0.897. The maximum Gasteiger partial charge on any atom is 0.323 e. The molecule has 2 aromatic carbocycles. The maximum absolute atomic E-state index is 11.5. The third kappa shape index (κ3) is 3.80. The summed E-state index contributed by atoms with van der Waals surface area (Å²) in [5, 5.41) is 10.6. The third-order valence-corrected chi connectivity index (χ3v) is 6.59. The average molecular weight is 483 g/mol. The van der Waals surface area contributed by atoms with Crippen LogP contribution in [-0.2, 0) is 4.79 Å². The van der Waals surface area contributed by atoms with Gasteiger partial charge in [-0.15, -0.1) is 0 Å². The van der Waals surface area contributed by atoms with Gasteiger partial charge in [-0.05, 0) is 49.2 Å². The Kier molecular flexibility index (Phi) is 5.44. The highest BCUT2D eigenvalue weighted by Crippen LogP contribution is 2.35. The molecule has 1 fully saturated rings. The van der Waals surface area contributed by atoms with Gasteiger partial charge in [0.15, 0.2) is 17.0 Å². The van der Waals surface area contributed by atoms with Crippen LogP contribution in [0.25, 0.3) is 28.2 Å². The minimum Gasteiger partial charge on any atom is -0.480 e. The van der Waals surface area contributed by atoms with Gasteiger partial charge in [-0.1, -0.05) is 35.3 Å². The lowest BCUT2D eigenvalue weighted by Gasteiger charge is -2.36. The van der Waals surface area contributed by atoms with Crippen LogP contribution < -0.4 is 10.6 Å². The molecule has 5 rings (SSSR count). The summed E-state index contributed by atoms with van der Waals surface area (Å²) in [5.74, 6) is 0.270. The maximum atomic E-state index is 11.5. The van der Waals surface area contributed by atoms with Crippen LogP contribution in [0.4, 0.5) is 5.82 Å². The smallest absolute Gasteiger partial charge is 0.323 e. The number of benzene rings is 2. The summed E-state index contributed by atoms with van der Waals surface area (Å²) < 4.78 is 1.92. The molecule has 168 valence electrons. The van der Waals surface area contributed by atoms with Gasteiger partial charge in [-0.3, -0.25) is 9.36 Å². The first-order valence-corrected chi connectivity index (χ1v) is 11.1. The second-order valence-corrected chi connectivity index (χ2v) is 8.89. The summed E-state index contributed by atoms with van der Waals surface area (Å²) in [7, 11) is 0. The Morgan fingerprint density at radius 1 is 1.03 bits per heavy atom. The number of fused-ring (bicyclic) bond motifs is 1. The Labute approximate surface area is 199 Å². The van der Waals surface area contributed by atoms with E-state index in [9.17, 15) is 9.90 Å². The number of anilines is 1. The highest BCUT2D eigenvalue weighted by Gasteiger charge is 2.38. The van der Waals surface area contributed by atoms with Crippen LogP contribution in [0.15, 0.2) is 54.9 Å². The predicted molar refractivity (Wildman–Crippen MR) is 128 cm³/mol. The molecular formula is C23H20Cl2N6O2. The number of piperidine rings is 1. The number of halogens is 2. The van der Waals surface area contributed by atoms with Gasteiger partial charge in [0.25, 0.3) is 0 Å². The zero-order valence-electron chi connectivity index (χ0n) is 17.4. The molecule has 4 aromatic rings.